The zero-order chi connectivity index (χ0) is 11.4. The Hall–Kier alpha value is -1.36. The van der Waals surface area contributed by atoms with E-state index in [1.54, 1.807) is 12.5 Å². The minimum Gasteiger partial charge on any atom is -0.468 e. The first-order valence-corrected chi connectivity index (χ1v) is 5.58. The zero-order valence-electron chi connectivity index (χ0n) is 9.40. The van der Waals surface area contributed by atoms with E-state index in [1.807, 2.05) is 0 Å². The fourth-order valence-corrected chi connectivity index (χ4v) is 1.63. The standard InChI is InChI=1S/C11H17N3O2/c1-16-11(15)10(13-5-8-2-3-8)4-9-6-12-7-14-9/h6-8,10,13H,2-5H2,1H3,(H,12,14)/t10-/m0/s1. The van der Waals surface area contributed by atoms with Gasteiger partial charge in [0.1, 0.15) is 6.04 Å². The average molecular weight is 223 g/mol. The largest absolute Gasteiger partial charge is 0.468 e. The molecule has 88 valence electrons. The third-order valence-electron chi connectivity index (χ3n) is 2.81. The zero-order valence-corrected chi connectivity index (χ0v) is 9.40. The number of aromatic amines is 1. The Kier molecular flexibility index (Phi) is 3.56. The van der Waals surface area contributed by atoms with Crippen LogP contribution in [-0.4, -0.2) is 35.6 Å². The van der Waals surface area contributed by atoms with Crippen molar-refractivity contribution >= 4 is 5.97 Å². The molecule has 0 amide bonds. The summed E-state index contributed by atoms with van der Waals surface area (Å²) in [7, 11) is 1.42. The van der Waals surface area contributed by atoms with Crippen molar-refractivity contribution in [3.63, 3.8) is 0 Å². The summed E-state index contributed by atoms with van der Waals surface area (Å²) in [5.74, 6) is 0.532. The van der Waals surface area contributed by atoms with Crippen molar-refractivity contribution < 1.29 is 9.53 Å². The van der Waals surface area contributed by atoms with Gasteiger partial charge in [0.2, 0.25) is 0 Å². The lowest BCUT2D eigenvalue weighted by molar-refractivity contribution is -0.143. The van der Waals surface area contributed by atoms with Gasteiger partial charge < -0.3 is 15.0 Å². The van der Waals surface area contributed by atoms with E-state index in [0.29, 0.717) is 6.42 Å². The highest BCUT2D eigenvalue weighted by molar-refractivity contribution is 5.75. The number of nitrogens with zero attached hydrogens (tertiary/aromatic N) is 1. The molecule has 1 aliphatic carbocycles. The Morgan fingerprint density at radius 3 is 3.12 bits per heavy atom. The number of methoxy groups -OCH3 is 1. The third kappa shape index (κ3) is 3.06. The van der Waals surface area contributed by atoms with Crippen molar-refractivity contribution in [3.8, 4) is 0 Å². The van der Waals surface area contributed by atoms with Crippen LogP contribution < -0.4 is 5.32 Å². The third-order valence-corrected chi connectivity index (χ3v) is 2.81. The normalized spacial score (nSPS) is 17.1. The van der Waals surface area contributed by atoms with Gasteiger partial charge in [0.05, 0.1) is 13.4 Å². The van der Waals surface area contributed by atoms with Crippen LogP contribution in [0, 0.1) is 5.92 Å². The molecule has 1 aliphatic rings. The molecule has 1 aromatic rings. The van der Waals surface area contributed by atoms with Crippen molar-refractivity contribution in [2.45, 2.75) is 25.3 Å². The number of imidazole rings is 1. The van der Waals surface area contributed by atoms with E-state index in [2.05, 4.69) is 15.3 Å². The van der Waals surface area contributed by atoms with Gasteiger partial charge in [0.15, 0.2) is 0 Å². The van der Waals surface area contributed by atoms with Gasteiger partial charge in [-0.25, -0.2) is 4.98 Å². The SMILES string of the molecule is COC(=O)[C@H](Cc1cnc[nH]1)NCC1CC1. The van der Waals surface area contributed by atoms with E-state index in [4.69, 9.17) is 4.74 Å². The van der Waals surface area contributed by atoms with E-state index in [1.165, 1.54) is 20.0 Å². The molecule has 2 N–H and O–H groups in total. The van der Waals surface area contributed by atoms with Crippen molar-refractivity contribution in [2.75, 3.05) is 13.7 Å². The van der Waals surface area contributed by atoms with Crippen LogP contribution >= 0.6 is 0 Å². The second-order valence-electron chi connectivity index (χ2n) is 4.21. The van der Waals surface area contributed by atoms with E-state index in [9.17, 15) is 4.79 Å². The topological polar surface area (TPSA) is 67.0 Å². The maximum Gasteiger partial charge on any atom is 0.323 e. The summed E-state index contributed by atoms with van der Waals surface area (Å²) in [5, 5.41) is 3.25. The predicted octanol–water partition coefficient (Wildman–Crippen LogP) is 0.493. The highest BCUT2D eigenvalue weighted by atomic mass is 16.5. The number of esters is 1. The summed E-state index contributed by atoms with van der Waals surface area (Å²) in [5.41, 5.74) is 0.943. The van der Waals surface area contributed by atoms with Gasteiger partial charge >= 0.3 is 5.97 Å². The molecule has 1 fully saturated rings. The fraction of sp³-hybridized carbons (Fsp3) is 0.636. The van der Waals surface area contributed by atoms with Crippen molar-refractivity contribution in [2.24, 2.45) is 5.92 Å². The fourth-order valence-electron chi connectivity index (χ4n) is 1.63. The Morgan fingerprint density at radius 2 is 2.56 bits per heavy atom. The van der Waals surface area contributed by atoms with E-state index in [-0.39, 0.29) is 12.0 Å². The molecule has 1 atom stereocenters. The van der Waals surface area contributed by atoms with Gasteiger partial charge in [-0.3, -0.25) is 4.79 Å². The van der Waals surface area contributed by atoms with Gasteiger partial charge in [-0.15, -0.1) is 0 Å². The molecule has 1 heterocycles. The Labute approximate surface area is 94.6 Å². The quantitative estimate of drug-likeness (QED) is 0.689. The number of hydrogen-bond acceptors (Lipinski definition) is 4. The molecule has 0 unspecified atom stereocenters. The second-order valence-corrected chi connectivity index (χ2v) is 4.21. The summed E-state index contributed by atoms with van der Waals surface area (Å²) in [6.07, 6.45) is 6.48. The van der Waals surface area contributed by atoms with Crippen LogP contribution in [0.2, 0.25) is 0 Å². The predicted molar refractivity (Wildman–Crippen MR) is 58.8 cm³/mol. The number of ether oxygens (including phenoxy) is 1. The smallest absolute Gasteiger partial charge is 0.323 e. The van der Waals surface area contributed by atoms with E-state index >= 15 is 0 Å². The first kappa shape index (κ1) is 11.1. The lowest BCUT2D eigenvalue weighted by Gasteiger charge is -2.15. The molecule has 0 bridgehead atoms. The highest BCUT2D eigenvalue weighted by Gasteiger charge is 2.25. The van der Waals surface area contributed by atoms with Crippen LogP contribution in [0.25, 0.3) is 0 Å². The highest BCUT2D eigenvalue weighted by Crippen LogP contribution is 2.27. The monoisotopic (exact) mass is 223 g/mol. The number of hydrogen-bond donors (Lipinski definition) is 2. The maximum absolute atomic E-state index is 11.6. The molecule has 5 nitrogen and oxygen atoms in total. The van der Waals surface area contributed by atoms with Crippen molar-refractivity contribution in [3.05, 3.63) is 18.2 Å². The van der Waals surface area contributed by atoms with Crippen LogP contribution in [0.4, 0.5) is 0 Å². The van der Waals surface area contributed by atoms with Gasteiger partial charge in [-0.2, -0.15) is 0 Å². The number of carbonyl (C=O) groups is 1. The van der Waals surface area contributed by atoms with Gasteiger partial charge in [-0.1, -0.05) is 0 Å². The molecular weight excluding hydrogens is 206 g/mol. The molecule has 16 heavy (non-hydrogen) atoms. The number of nitrogens with one attached hydrogen (secondary N) is 2. The van der Waals surface area contributed by atoms with E-state index in [0.717, 1.165) is 18.2 Å². The molecule has 0 radical (unpaired) electrons. The first-order valence-electron chi connectivity index (χ1n) is 5.58. The summed E-state index contributed by atoms with van der Waals surface area (Å²) in [4.78, 5) is 18.5. The molecule has 0 saturated heterocycles. The number of carbonyl (C=O) groups excluding carboxylic acids is 1. The second kappa shape index (κ2) is 5.12. The average Bonchev–Trinajstić information content (AvgIpc) is 2.99. The number of H-pyrrole nitrogens is 1. The van der Waals surface area contributed by atoms with E-state index < -0.39 is 0 Å². The first-order chi connectivity index (χ1) is 7.79. The van der Waals surface area contributed by atoms with Crippen LogP contribution in [-0.2, 0) is 16.0 Å². The molecule has 1 saturated carbocycles. The van der Waals surface area contributed by atoms with Crippen molar-refractivity contribution in [1.29, 1.82) is 0 Å². The molecule has 0 aromatic carbocycles. The minimum atomic E-state index is -0.272. The Bertz CT molecular complexity index is 333. The Morgan fingerprint density at radius 1 is 1.75 bits per heavy atom. The lowest BCUT2D eigenvalue weighted by atomic mass is 10.1. The summed E-state index contributed by atoms with van der Waals surface area (Å²) >= 11 is 0. The van der Waals surface area contributed by atoms with Crippen LogP contribution in [0.3, 0.4) is 0 Å². The van der Waals surface area contributed by atoms with Crippen LogP contribution in [0.1, 0.15) is 18.5 Å². The molecule has 1 aromatic heterocycles. The van der Waals surface area contributed by atoms with Gasteiger partial charge in [0, 0.05) is 18.3 Å². The molecule has 0 aliphatic heterocycles. The minimum absolute atomic E-state index is 0.213. The van der Waals surface area contributed by atoms with Crippen LogP contribution in [0.5, 0.6) is 0 Å². The van der Waals surface area contributed by atoms with Gasteiger partial charge in [-0.05, 0) is 25.3 Å². The summed E-state index contributed by atoms with van der Waals surface area (Å²) in [6, 6.07) is -0.272. The number of aromatic nitrogens is 2. The lowest BCUT2D eigenvalue weighted by Crippen LogP contribution is -2.40. The molecule has 2 rings (SSSR count). The van der Waals surface area contributed by atoms with Crippen molar-refractivity contribution in [1.82, 2.24) is 15.3 Å². The summed E-state index contributed by atoms with van der Waals surface area (Å²) < 4.78 is 4.78. The van der Waals surface area contributed by atoms with Gasteiger partial charge in [0.25, 0.3) is 0 Å². The summed E-state index contributed by atoms with van der Waals surface area (Å²) in [6.45, 7) is 0.897. The Balaban J connectivity index is 1.87. The van der Waals surface area contributed by atoms with Crippen LogP contribution in [0.15, 0.2) is 12.5 Å². The molecule has 0 spiro atoms. The molecule has 5 heteroatoms. The number of rotatable bonds is 6. The molecular formula is C11H17N3O2. The maximum atomic E-state index is 11.6.